The molecule has 0 aromatic heterocycles. The lowest BCUT2D eigenvalue weighted by molar-refractivity contribution is 0.0758. The Bertz CT molecular complexity index is 983. The van der Waals surface area contributed by atoms with Crippen LogP contribution in [0.15, 0.2) is 47.4 Å². The minimum Gasteiger partial charge on any atom is -0.496 e. The third kappa shape index (κ3) is 5.31. The van der Waals surface area contributed by atoms with Gasteiger partial charge in [0.1, 0.15) is 5.75 Å². The highest BCUT2D eigenvalue weighted by molar-refractivity contribution is 7.92. The molecule has 162 valence electrons. The number of hydrogen-bond acceptors (Lipinski definition) is 5. The third-order valence-electron chi connectivity index (χ3n) is 5.10. The van der Waals surface area contributed by atoms with E-state index in [-0.39, 0.29) is 16.4 Å². The van der Waals surface area contributed by atoms with Crippen molar-refractivity contribution in [2.45, 2.75) is 37.2 Å². The van der Waals surface area contributed by atoms with Gasteiger partial charge in [-0.05, 0) is 48.7 Å². The number of nitrogens with one attached hydrogen (secondary N) is 1. The van der Waals surface area contributed by atoms with Crippen molar-refractivity contribution in [2.24, 2.45) is 0 Å². The summed E-state index contributed by atoms with van der Waals surface area (Å²) < 4.78 is 39.0. The molecule has 0 aliphatic carbocycles. The number of likely N-dealkylation sites (tertiary alicyclic amines) is 1. The van der Waals surface area contributed by atoms with E-state index in [0.29, 0.717) is 31.1 Å². The Hall–Kier alpha value is -2.58. The van der Waals surface area contributed by atoms with Crippen LogP contribution in [0, 0.1) is 0 Å². The molecule has 0 unspecified atom stereocenters. The lowest BCUT2D eigenvalue weighted by Crippen LogP contribution is -2.32. The van der Waals surface area contributed by atoms with Crippen molar-refractivity contribution >= 4 is 21.6 Å². The molecule has 1 amide bonds. The number of benzene rings is 2. The number of amides is 1. The Morgan fingerprint density at radius 1 is 1.03 bits per heavy atom. The highest BCUT2D eigenvalue weighted by Gasteiger charge is 2.24. The molecule has 1 fully saturated rings. The van der Waals surface area contributed by atoms with Crippen LogP contribution in [-0.2, 0) is 21.4 Å². The van der Waals surface area contributed by atoms with Gasteiger partial charge in [-0.3, -0.25) is 9.52 Å². The molecule has 0 saturated carbocycles. The van der Waals surface area contributed by atoms with Gasteiger partial charge >= 0.3 is 0 Å². The fourth-order valence-corrected chi connectivity index (χ4v) is 4.65. The molecule has 1 N–H and O–H groups in total. The van der Waals surface area contributed by atoms with E-state index in [0.717, 1.165) is 31.2 Å². The summed E-state index contributed by atoms with van der Waals surface area (Å²) in [5.74, 6) is 0.165. The van der Waals surface area contributed by atoms with E-state index < -0.39 is 10.0 Å². The number of sulfonamides is 1. The minimum atomic E-state index is -3.88. The molecule has 1 aliphatic rings. The monoisotopic (exact) mass is 432 g/mol. The van der Waals surface area contributed by atoms with E-state index in [1.54, 1.807) is 30.2 Å². The summed E-state index contributed by atoms with van der Waals surface area (Å²) in [6.45, 7) is 1.72. The molecule has 30 heavy (non-hydrogen) atoms. The van der Waals surface area contributed by atoms with Gasteiger partial charge in [-0.2, -0.15) is 0 Å². The molecular weight excluding hydrogens is 404 g/mol. The van der Waals surface area contributed by atoms with Crippen LogP contribution in [0.2, 0.25) is 0 Å². The van der Waals surface area contributed by atoms with Crippen molar-refractivity contribution in [3.63, 3.8) is 0 Å². The molecule has 8 heteroatoms. The quantitative estimate of drug-likeness (QED) is 0.722. The van der Waals surface area contributed by atoms with Crippen molar-refractivity contribution in [3.05, 3.63) is 53.6 Å². The van der Waals surface area contributed by atoms with E-state index in [1.165, 1.54) is 25.3 Å². The van der Waals surface area contributed by atoms with Crippen LogP contribution < -0.4 is 9.46 Å². The van der Waals surface area contributed by atoms with E-state index in [2.05, 4.69) is 4.72 Å². The number of methoxy groups -OCH3 is 2. The zero-order valence-corrected chi connectivity index (χ0v) is 18.2. The molecule has 1 aliphatic heterocycles. The maximum Gasteiger partial charge on any atom is 0.261 e. The van der Waals surface area contributed by atoms with Gasteiger partial charge in [0.05, 0.1) is 24.2 Å². The van der Waals surface area contributed by atoms with Gasteiger partial charge in [-0.15, -0.1) is 0 Å². The first-order chi connectivity index (χ1) is 14.4. The summed E-state index contributed by atoms with van der Waals surface area (Å²) in [5, 5.41) is 0. The SMILES string of the molecule is COCc1cccc(NS(=O)(=O)c2ccc(OC)c(C(=O)N3CCCCCC3)c2)c1. The minimum absolute atomic E-state index is 0.0126. The lowest BCUT2D eigenvalue weighted by Gasteiger charge is -2.22. The van der Waals surface area contributed by atoms with Crippen LogP contribution in [0.4, 0.5) is 5.69 Å². The van der Waals surface area contributed by atoms with Crippen LogP contribution in [0.3, 0.4) is 0 Å². The summed E-state index contributed by atoms with van der Waals surface area (Å²) in [5.41, 5.74) is 1.54. The summed E-state index contributed by atoms with van der Waals surface area (Å²) in [6.07, 6.45) is 4.10. The molecule has 1 saturated heterocycles. The Labute approximate surface area is 178 Å². The fraction of sp³-hybridized carbons (Fsp3) is 0.409. The Morgan fingerprint density at radius 3 is 2.43 bits per heavy atom. The van der Waals surface area contributed by atoms with Crippen molar-refractivity contribution in [1.82, 2.24) is 4.90 Å². The molecule has 0 radical (unpaired) electrons. The number of rotatable bonds is 7. The zero-order valence-electron chi connectivity index (χ0n) is 17.4. The molecule has 0 bridgehead atoms. The van der Waals surface area contributed by atoms with E-state index in [9.17, 15) is 13.2 Å². The highest BCUT2D eigenvalue weighted by Crippen LogP contribution is 2.26. The number of carbonyl (C=O) groups excluding carboxylic acids is 1. The Kier molecular flexibility index (Phi) is 7.33. The maximum absolute atomic E-state index is 13.1. The second kappa shape index (κ2) is 9.95. The van der Waals surface area contributed by atoms with Crippen LogP contribution >= 0.6 is 0 Å². The number of anilines is 1. The molecule has 0 spiro atoms. The smallest absolute Gasteiger partial charge is 0.261 e. The maximum atomic E-state index is 13.1. The largest absolute Gasteiger partial charge is 0.496 e. The standard InChI is InChI=1S/C22H28N2O5S/c1-28-16-17-8-7-9-18(14-17)23-30(26,27)19-10-11-21(29-2)20(15-19)22(25)24-12-5-3-4-6-13-24/h7-11,14-15,23H,3-6,12-13,16H2,1-2H3. The molecule has 3 rings (SSSR count). The molecule has 0 atom stereocenters. The van der Waals surface area contributed by atoms with Gasteiger partial charge < -0.3 is 14.4 Å². The molecule has 1 heterocycles. The number of nitrogens with zero attached hydrogens (tertiary/aromatic N) is 1. The fourth-order valence-electron chi connectivity index (χ4n) is 3.57. The van der Waals surface area contributed by atoms with Gasteiger partial charge in [0.25, 0.3) is 15.9 Å². The van der Waals surface area contributed by atoms with Crippen molar-refractivity contribution in [2.75, 3.05) is 32.0 Å². The molecule has 2 aromatic carbocycles. The van der Waals surface area contributed by atoms with Crippen molar-refractivity contribution in [1.29, 1.82) is 0 Å². The lowest BCUT2D eigenvalue weighted by atomic mass is 10.1. The first-order valence-electron chi connectivity index (χ1n) is 10.0. The Balaban J connectivity index is 1.89. The summed E-state index contributed by atoms with van der Waals surface area (Å²) in [6, 6.07) is 11.4. The summed E-state index contributed by atoms with van der Waals surface area (Å²) in [7, 11) is -0.826. The summed E-state index contributed by atoms with van der Waals surface area (Å²) >= 11 is 0. The average molecular weight is 433 g/mol. The number of ether oxygens (including phenoxy) is 2. The van der Waals surface area contributed by atoms with Crippen LogP contribution in [0.25, 0.3) is 0 Å². The van der Waals surface area contributed by atoms with Gasteiger partial charge in [-0.1, -0.05) is 25.0 Å². The predicted octanol–water partition coefficient (Wildman–Crippen LogP) is 3.66. The van der Waals surface area contributed by atoms with Gasteiger partial charge in [0, 0.05) is 25.9 Å². The van der Waals surface area contributed by atoms with Gasteiger partial charge in [0.15, 0.2) is 0 Å². The summed E-state index contributed by atoms with van der Waals surface area (Å²) in [4.78, 5) is 14.9. The second-order valence-electron chi connectivity index (χ2n) is 7.31. The number of carbonyl (C=O) groups is 1. The van der Waals surface area contributed by atoms with Crippen LogP contribution in [-0.4, -0.2) is 46.5 Å². The van der Waals surface area contributed by atoms with Crippen LogP contribution in [0.1, 0.15) is 41.6 Å². The van der Waals surface area contributed by atoms with E-state index in [4.69, 9.17) is 9.47 Å². The van der Waals surface area contributed by atoms with Gasteiger partial charge in [0.2, 0.25) is 0 Å². The van der Waals surface area contributed by atoms with Crippen LogP contribution in [0.5, 0.6) is 5.75 Å². The highest BCUT2D eigenvalue weighted by atomic mass is 32.2. The van der Waals surface area contributed by atoms with Crippen molar-refractivity contribution in [3.8, 4) is 5.75 Å². The second-order valence-corrected chi connectivity index (χ2v) is 8.99. The topological polar surface area (TPSA) is 84.9 Å². The zero-order chi connectivity index (χ0) is 21.6. The molecule has 7 nitrogen and oxygen atoms in total. The number of hydrogen-bond donors (Lipinski definition) is 1. The van der Waals surface area contributed by atoms with E-state index in [1.807, 2.05) is 6.07 Å². The molecular formula is C22H28N2O5S. The Morgan fingerprint density at radius 2 is 1.77 bits per heavy atom. The average Bonchev–Trinajstić information content (AvgIpc) is 3.02. The first-order valence-corrected chi connectivity index (χ1v) is 11.5. The molecule has 2 aromatic rings. The van der Waals surface area contributed by atoms with Crippen molar-refractivity contribution < 1.29 is 22.7 Å². The van der Waals surface area contributed by atoms with E-state index >= 15 is 0 Å². The predicted molar refractivity (Wildman–Crippen MR) is 115 cm³/mol. The van der Waals surface area contributed by atoms with Gasteiger partial charge in [-0.25, -0.2) is 8.42 Å². The third-order valence-corrected chi connectivity index (χ3v) is 6.47. The normalized spacial score (nSPS) is 14.8. The first kappa shape index (κ1) is 22.1.